The summed E-state index contributed by atoms with van der Waals surface area (Å²) in [5.41, 5.74) is 0.494. The van der Waals surface area contributed by atoms with Gasteiger partial charge in [0.25, 0.3) is 0 Å². The van der Waals surface area contributed by atoms with E-state index in [-0.39, 0.29) is 34.6 Å². The van der Waals surface area contributed by atoms with Gasteiger partial charge in [0.15, 0.2) is 10.2 Å². The van der Waals surface area contributed by atoms with Crippen molar-refractivity contribution >= 4 is 55.2 Å². The highest BCUT2D eigenvalue weighted by Gasteiger charge is 2.36. The molecule has 3 rings (SSSR count). The topological polar surface area (TPSA) is 130 Å². The van der Waals surface area contributed by atoms with E-state index in [1.165, 1.54) is 0 Å². The Morgan fingerprint density at radius 1 is 1.15 bits per heavy atom. The third-order valence-electron chi connectivity index (χ3n) is 4.19. The molecule has 9 nitrogen and oxygen atoms in total. The van der Waals surface area contributed by atoms with E-state index < -0.39 is 27.7 Å². The van der Waals surface area contributed by atoms with Crippen LogP contribution in [0.25, 0.3) is 10.2 Å². The maximum absolute atomic E-state index is 14.9. The zero-order valence-electron chi connectivity index (χ0n) is 18.1. The molecule has 0 aliphatic carbocycles. The molecule has 0 saturated carbocycles. The number of thioether (sulfide) groups is 1. The van der Waals surface area contributed by atoms with Gasteiger partial charge >= 0.3 is 5.92 Å². The molecule has 3 aromatic rings. The molecule has 1 aromatic carbocycles. The van der Waals surface area contributed by atoms with E-state index in [0.29, 0.717) is 28.4 Å². The number of halogens is 2. The minimum absolute atomic E-state index is 0.0262. The van der Waals surface area contributed by atoms with Crippen LogP contribution in [0.4, 0.5) is 20.7 Å². The highest BCUT2D eigenvalue weighted by atomic mass is 32.2. The van der Waals surface area contributed by atoms with Crippen molar-refractivity contribution in [2.75, 3.05) is 28.7 Å². The zero-order chi connectivity index (χ0) is 24.2. The predicted octanol–water partition coefficient (Wildman–Crippen LogP) is 3.56. The molecular formula is C19H24F2N6O3S3. The number of hydrogen-bond donors (Lipinski definition) is 3. The molecule has 33 heavy (non-hydrogen) atoms. The first-order valence-electron chi connectivity index (χ1n) is 9.93. The SMILES string of the molecule is CC(C)C[C@H](CO)Nc1nc(NS(C)(=O)=O)nc(SCC(F)(F)c2nc3ccccc3s2)n1. The van der Waals surface area contributed by atoms with Gasteiger partial charge in [0.1, 0.15) is 0 Å². The molecule has 2 heterocycles. The first-order valence-corrected chi connectivity index (χ1v) is 13.6. The summed E-state index contributed by atoms with van der Waals surface area (Å²) in [6.45, 7) is 3.73. The zero-order valence-corrected chi connectivity index (χ0v) is 20.6. The fourth-order valence-corrected chi connectivity index (χ4v) is 5.08. The lowest BCUT2D eigenvalue weighted by atomic mass is 10.0. The summed E-state index contributed by atoms with van der Waals surface area (Å²) in [6, 6.07) is 6.47. The molecule has 3 N–H and O–H groups in total. The number of nitrogens with zero attached hydrogens (tertiary/aromatic N) is 4. The number of anilines is 2. The fourth-order valence-electron chi connectivity index (χ4n) is 2.87. The monoisotopic (exact) mass is 518 g/mol. The van der Waals surface area contributed by atoms with Gasteiger partial charge in [-0.1, -0.05) is 37.7 Å². The summed E-state index contributed by atoms with van der Waals surface area (Å²) in [6.07, 6.45) is 1.52. The van der Waals surface area contributed by atoms with Crippen LogP contribution in [-0.4, -0.2) is 58.1 Å². The van der Waals surface area contributed by atoms with Crippen molar-refractivity contribution in [3.8, 4) is 0 Å². The Labute approximate surface area is 198 Å². The number of thiazole rings is 1. The van der Waals surface area contributed by atoms with E-state index in [4.69, 9.17) is 0 Å². The largest absolute Gasteiger partial charge is 0.394 e. The summed E-state index contributed by atoms with van der Waals surface area (Å²) in [5, 5.41) is 12.1. The van der Waals surface area contributed by atoms with Gasteiger partial charge in [0.05, 0.1) is 34.9 Å². The average molecular weight is 519 g/mol. The number of sulfonamides is 1. The Balaban J connectivity index is 1.83. The van der Waals surface area contributed by atoms with Crippen LogP contribution in [0.1, 0.15) is 25.3 Å². The van der Waals surface area contributed by atoms with E-state index >= 15 is 0 Å². The maximum Gasteiger partial charge on any atom is 0.308 e. The number of para-hydroxylation sites is 1. The smallest absolute Gasteiger partial charge is 0.308 e. The Hall–Kier alpha value is -2.16. The molecule has 0 saturated heterocycles. The van der Waals surface area contributed by atoms with Crippen molar-refractivity contribution < 1.29 is 22.3 Å². The van der Waals surface area contributed by atoms with Crippen LogP contribution in [0.15, 0.2) is 29.4 Å². The summed E-state index contributed by atoms with van der Waals surface area (Å²) in [5.74, 6) is -4.04. The minimum Gasteiger partial charge on any atom is -0.394 e. The number of hydrogen-bond acceptors (Lipinski definition) is 10. The molecule has 2 aromatic heterocycles. The number of alkyl halides is 2. The first-order chi connectivity index (χ1) is 15.4. The second-order valence-corrected chi connectivity index (χ2v) is 11.5. The predicted molar refractivity (Wildman–Crippen MR) is 126 cm³/mol. The molecule has 0 amide bonds. The lowest BCUT2D eigenvalue weighted by Gasteiger charge is -2.19. The van der Waals surface area contributed by atoms with Gasteiger partial charge in [-0.2, -0.15) is 23.7 Å². The molecule has 0 aliphatic heterocycles. The van der Waals surface area contributed by atoms with E-state index in [1.54, 1.807) is 24.3 Å². The molecule has 0 aliphatic rings. The molecule has 14 heteroatoms. The highest BCUT2D eigenvalue weighted by molar-refractivity contribution is 7.99. The normalized spacial score (nSPS) is 13.4. The Bertz CT molecular complexity index is 1170. The Morgan fingerprint density at radius 3 is 2.48 bits per heavy atom. The average Bonchev–Trinajstić information content (AvgIpc) is 3.15. The fraction of sp³-hybridized carbons (Fsp3) is 0.474. The van der Waals surface area contributed by atoms with Crippen LogP contribution in [0, 0.1) is 5.92 Å². The van der Waals surface area contributed by atoms with Crippen molar-refractivity contribution in [3.63, 3.8) is 0 Å². The number of aliphatic hydroxyl groups is 1. The number of benzene rings is 1. The standard InChI is InChI=1S/C19H24F2N6O3S3/c1-11(2)8-12(9-28)22-16-24-17(27-33(3,29)30)26-18(25-16)31-10-19(20,21)15-23-13-6-4-5-7-14(13)32-15/h4-7,11-12,28H,8-10H2,1-3H3,(H2,22,24,25,26,27)/t12-/m1/s1. The molecule has 0 bridgehead atoms. The van der Waals surface area contributed by atoms with Gasteiger partial charge in [-0.15, -0.1) is 11.3 Å². The van der Waals surface area contributed by atoms with Crippen LogP contribution in [0.2, 0.25) is 0 Å². The van der Waals surface area contributed by atoms with Crippen LogP contribution in [0.5, 0.6) is 0 Å². The number of nitrogens with one attached hydrogen (secondary N) is 2. The Morgan fingerprint density at radius 2 is 1.85 bits per heavy atom. The minimum atomic E-state index is -3.71. The second kappa shape index (κ2) is 10.4. The second-order valence-electron chi connectivity index (χ2n) is 7.77. The molecule has 0 spiro atoms. The van der Waals surface area contributed by atoms with E-state index in [2.05, 4.69) is 30.0 Å². The molecular weight excluding hydrogens is 494 g/mol. The lowest BCUT2D eigenvalue weighted by Crippen LogP contribution is -2.27. The van der Waals surface area contributed by atoms with Gasteiger partial charge in [0.2, 0.25) is 21.9 Å². The summed E-state index contributed by atoms with van der Waals surface area (Å²) in [7, 11) is -3.71. The van der Waals surface area contributed by atoms with Crippen molar-refractivity contribution in [1.82, 2.24) is 19.9 Å². The van der Waals surface area contributed by atoms with Crippen molar-refractivity contribution in [3.05, 3.63) is 29.3 Å². The highest BCUT2D eigenvalue weighted by Crippen LogP contribution is 2.38. The number of rotatable bonds is 11. The van der Waals surface area contributed by atoms with E-state index in [1.807, 2.05) is 13.8 Å². The lowest BCUT2D eigenvalue weighted by molar-refractivity contribution is 0.0230. The number of fused-ring (bicyclic) bond motifs is 1. The quantitative estimate of drug-likeness (QED) is 0.326. The van der Waals surface area contributed by atoms with Crippen LogP contribution < -0.4 is 10.0 Å². The van der Waals surface area contributed by atoms with Crippen molar-refractivity contribution in [2.24, 2.45) is 5.92 Å². The van der Waals surface area contributed by atoms with E-state index in [9.17, 15) is 22.3 Å². The third-order valence-corrected chi connectivity index (χ3v) is 6.84. The summed E-state index contributed by atoms with van der Waals surface area (Å²) in [4.78, 5) is 16.1. The van der Waals surface area contributed by atoms with Crippen LogP contribution in [0.3, 0.4) is 0 Å². The van der Waals surface area contributed by atoms with Crippen molar-refractivity contribution in [2.45, 2.75) is 37.4 Å². The van der Waals surface area contributed by atoms with Gasteiger partial charge in [-0.3, -0.25) is 4.72 Å². The molecule has 0 unspecified atom stereocenters. The van der Waals surface area contributed by atoms with Gasteiger partial charge < -0.3 is 10.4 Å². The van der Waals surface area contributed by atoms with Gasteiger partial charge in [0, 0.05) is 0 Å². The van der Waals surface area contributed by atoms with Crippen LogP contribution in [-0.2, 0) is 15.9 Å². The van der Waals surface area contributed by atoms with E-state index in [0.717, 1.165) is 17.6 Å². The third kappa shape index (κ3) is 7.42. The number of aromatic nitrogens is 4. The maximum atomic E-state index is 14.9. The van der Waals surface area contributed by atoms with Crippen molar-refractivity contribution in [1.29, 1.82) is 0 Å². The first kappa shape index (κ1) is 25.5. The van der Waals surface area contributed by atoms with Crippen LogP contribution >= 0.6 is 23.1 Å². The summed E-state index contributed by atoms with van der Waals surface area (Å²) >= 11 is 1.56. The molecule has 0 fully saturated rings. The molecule has 0 radical (unpaired) electrons. The van der Waals surface area contributed by atoms with Gasteiger partial charge in [-0.25, -0.2) is 13.4 Å². The van der Waals surface area contributed by atoms with Gasteiger partial charge in [-0.05, 0) is 24.5 Å². The molecule has 180 valence electrons. The summed E-state index contributed by atoms with van der Waals surface area (Å²) < 4.78 is 55.8. The molecule has 1 atom stereocenters. The Kier molecular flexibility index (Phi) is 8.03. The number of aliphatic hydroxyl groups excluding tert-OH is 1.